The lowest BCUT2D eigenvalue weighted by molar-refractivity contribution is 0.497. The molecule has 1 aromatic heterocycles. The fraction of sp³-hybridized carbons (Fsp3) is 0.556. The van der Waals surface area contributed by atoms with Gasteiger partial charge in [-0.1, -0.05) is 6.92 Å². The quantitative estimate of drug-likeness (QED) is 0.643. The molecule has 1 unspecified atom stereocenters. The minimum absolute atomic E-state index is 0.525. The van der Waals surface area contributed by atoms with Crippen LogP contribution in [0.1, 0.15) is 24.6 Å². The third-order valence-corrected chi connectivity index (χ3v) is 2.66. The highest BCUT2D eigenvalue weighted by atomic mass is 16.1. The molecule has 0 bridgehead atoms. The summed E-state index contributed by atoms with van der Waals surface area (Å²) in [5.41, 5.74) is 7.84. The van der Waals surface area contributed by atoms with Crippen LogP contribution in [0, 0.1) is 5.92 Å². The van der Waals surface area contributed by atoms with Crippen molar-refractivity contribution in [2.45, 2.75) is 26.2 Å². The average Bonchev–Trinajstić information content (AvgIpc) is 2.44. The predicted octanol–water partition coefficient (Wildman–Crippen LogP) is 0.628. The monoisotopic (exact) mass is 179 g/mol. The van der Waals surface area contributed by atoms with Gasteiger partial charge in [0.05, 0.1) is 5.69 Å². The summed E-state index contributed by atoms with van der Waals surface area (Å²) in [6.07, 6.45) is 3.71. The van der Waals surface area contributed by atoms with E-state index in [-0.39, 0.29) is 0 Å². The number of nitrogen functional groups attached to an aromatic ring is 1. The molecule has 2 rings (SSSR count). The van der Waals surface area contributed by atoms with Crippen LogP contribution in [-0.2, 0) is 17.6 Å². The molecule has 0 saturated heterocycles. The summed E-state index contributed by atoms with van der Waals surface area (Å²) in [4.78, 5) is 10.5. The van der Waals surface area contributed by atoms with Crippen LogP contribution in [-0.4, -0.2) is 16.2 Å². The fourth-order valence-electron chi connectivity index (χ4n) is 1.87. The molecule has 0 spiro atoms. The fourth-order valence-corrected chi connectivity index (χ4v) is 1.87. The first-order valence-electron chi connectivity index (χ1n) is 4.53. The van der Waals surface area contributed by atoms with Crippen molar-refractivity contribution >= 4 is 12.2 Å². The second kappa shape index (κ2) is 2.87. The first-order valence-corrected chi connectivity index (χ1v) is 4.53. The SMILES string of the molecule is CC1CCc2nn(C=O)c(N)c2C1. The molecule has 2 N–H and O–H groups in total. The van der Waals surface area contributed by atoms with E-state index < -0.39 is 0 Å². The van der Waals surface area contributed by atoms with Crippen LogP contribution in [0.3, 0.4) is 0 Å². The van der Waals surface area contributed by atoms with E-state index in [1.54, 1.807) is 0 Å². The number of rotatable bonds is 1. The largest absolute Gasteiger partial charge is 0.383 e. The van der Waals surface area contributed by atoms with E-state index in [0.29, 0.717) is 18.1 Å². The van der Waals surface area contributed by atoms with Gasteiger partial charge < -0.3 is 5.73 Å². The number of aryl methyl sites for hydroxylation is 1. The minimum atomic E-state index is 0.525. The molecule has 0 amide bonds. The second-order valence-electron chi connectivity index (χ2n) is 3.71. The van der Waals surface area contributed by atoms with Crippen molar-refractivity contribution < 1.29 is 4.79 Å². The molecule has 4 nitrogen and oxygen atoms in total. The Morgan fingerprint density at radius 3 is 3.15 bits per heavy atom. The van der Waals surface area contributed by atoms with Crippen molar-refractivity contribution in [3.63, 3.8) is 0 Å². The van der Waals surface area contributed by atoms with Gasteiger partial charge in [0.2, 0.25) is 6.41 Å². The van der Waals surface area contributed by atoms with Crippen LogP contribution in [0.15, 0.2) is 0 Å². The number of nitrogens with zero attached hydrogens (tertiary/aromatic N) is 2. The first-order chi connectivity index (χ1) is 6.22. The molecule has 70 valence electrons. The third kappa shape index (κ3) is 1.22. The Labute approximate surface area is 76.7 Å². The maximum Gasteiger partial charge on any atom is 0.235 e. The van der Waals surface area contributed by atoms with E-state index in [0.717, 1.165) is 30.5 Å². The zero-order valence-electron chi connectivity index (χ0n) is 7.66. The Kier molecular flexibility index (Phi) is 1.83. The van der Waals surface area contributed by atoms with Crippen LogP contribution in [0.4, 0.5) is 5.82 Å². The highest BCUT2D eigenvalue weighted by molar-refractivity contribution is 5.61. The Bertz CT molecular complexity index is 343. The Hall–Kier alpha value is -1.32. The topological polar surface area (TPSA) is 60.9 Å². The maximum atomic E-state index is 10.5. The predicted molar refractivity (Wildman–Crippen MR) is 50.0 cm³/mol. The molecule has 4 heteroatoms. The van der Waals surface area contributed by atoms with Crippen molar-refractivity contribution in [2.75, 3.05) is 5.73 Å². The van der Waals surface area contributed by atoms with E-state index >= 15 is 0 Å². The maximum absolute atomic E-state index is 10.5. The Morgan fingerprint density at radius 1 is 1.69 bits per heavy atom. The van der Waals surface area contributed by atoms with E-state index in [1.165, 1.54) is 4.68 Å². The van der Waals surface area contributed by atoms with Gasteiger partial charge in [-0.25, -0.2) is 0 Å². The number of hydrogen-bond donors (Lipinski definition) is 1. The van der Waals surface area contributed by atoms with Crippen molar-refractivity contribution in [1.29, 1.82) is 0 Å². The van der Waals surface area contributed by atoms with E-state index in [1.807, 2.05) is 0 Å². The number of carbonyl (C=O) groups is 1. The van der Waals surface area contributed by atoms with Gasteiger partial charge in [-0.15, -0.1) is 0 Å². The Morgan fingerprint density at radius 2 is 2.46 bits per heavy atom. The van der Waals surface area contributed by atoms with Gasteiger partial charge >= 0.3 is 0 Å². The molecular formula is C9H13N3O. The number of hydrogen-bond acceptors (Lipinski definition) is 3. The second-order valence-corrected chi connectivity index (χ2v) is 3.71. The van der Waals surface area contributed by atoms with Crippen LogP contribution in [0.25, 0.3) is 0 Å². The van der Waals surface area contributed by atoms with Crippen LogP contribution in [0.5, 0.6) is 0 Å². The molecule has 1 aromatic rings. The highest BCUT2D eigenvalue weighted by Crippen LogP contribution is 2.28. The van der Waals surface area contributed by atoms with Crippen LogP contribution < -0.4 is 5.73 Å². The van der Waals surface area contributed by atoms with Crippen molar-refractivity contribution in [3.8, 4) is 0 Å². The van der Waals surface area contributed by atoms with Gasteiger partial charge in [-0.3, -0.25) is 4.79 Å². The normalized spacial score (nSPS) is 21.2. The van der Waals surface area contributed by atoms with E-state index in [9.17, 15) is 4.79 Å². The van der Waals surface area contributed by atoms with Gasteiger partial charge in [0.25, 0.3) is 0 Å². The zero-order valence-corrected chi connectivity index (χ0v) is 7.66. The standard InChI is InChI=1S/C9H13N3O/c1-6-2-3-8-7(4-6)9(10)12(5-13)11-8/h5-6H,2-4,10H2,1H3. The molecule has 0 aliphatic heterocycles. The summed E-state index contributed by atoms with van der Waals surface area (Å²) >= 11 is 0. The van der Waals surface area contributed by atoms with E-state index in [2.05, 4.69) is 12.0 Å². The summed E-state index contributed by atoms with van der Waals surface area (Å²) in [6, 6.07) is 0. The lowest BCUT2D eigenvalue weighted by atomic mass is 9.89. The van der Waals surface area contributed by atoms with Gasteiger partial charge in [-0.2, -0.15) is 9.78 Å². The van der Waals surface area contributed by atoms with Crippen LogP contribution in [0.2, 0.25) is 0 Å². The molecule has 1 aliphatic rings. The van der Waals surface area contributed by atoms with Crippen molar-refractivity contribution in [1.82, 2.24) is 9.78 Å². The van der Waals surface area contributed by atoms with E-state index in [4.69, 9.17) is 5.73 Å². The Balaban J connectivity index is 2.45. The summed E-state index contributed by atoms with van der Waals surface area (Å²) in [5, 5.41) is 4.13. The zero-order chi connectivity index (χ0) is 9.42. The molecule has 1 atom stereocenters. The number of fused-ring (bicyclic) bond motifs is 1. The molecular weight excluding hydrogens is 166 g/mol. The number of aromatic nitrogens is 2. The molecule has 0 aromatic carbocycles. The third-order valence-electron chi connectivity index (χ3n) is 2.66. The summed E-state index contributed by atoms with van der Waals surface area (Å²) in [6.45, 7) is 2.20. The van der Waals surface area contributed by atoms with Crippen molar-refractivity contribution in [2.24, 2.45) is 5.92 Å². The molecule has 1 aliphatic carbocycles. The molecule has 0 radical (unpaired) electrons. The molecule has 0 fully saturated rings. The smallest absolute Gasteiger partial charge is 0.235 e. The summed E-state index contributed by atoms with van der Waals surface area (Å²) in [7, 11) is 0. The molecule has 13 heavy (non-hydrogen) atoms. The van der Waals surface area contributed by atoms with Crippen LogP contribution >= 0.6 is 0 Å². The van der Waals surface area contributed by atoms with Gasteiger partial charge in [-0.05, 0) is 25.2 Å². The number of nitrogens with two attached hydrogens (primary N) is 1. The van der Waals surface area contributed by atoms with Crippen molar-refractivity contribution in [3.05, 3.63) is 11.3 Å². The minimum Gasteiger partial charge on any atom is -0.383 e. The number of anilines is 1. The lowest BCUT2D eigenvalue weighted by Crippen LogP contribution is -2.11. The highest BCUT2D eigenvalue weighted by Gasteiger charge is 2.22. The van der Waals surface area contributed by atoms with Gasteiger partial charge in [0, 0.05) is 5.56 Å². The summed E-state index contributed by atoms with van der Waals surface area (Å²) in [5.74, 6) is 1.18. The number of carbonyl (C=O) groups excluding carboxylic acids is 1. The van der Waals surface area contributed by atoms with Gasteiger partial charge in [0.15, 0.2) is 0 Å². The summed E-state index contributed by atoms with van der Waals surface area (Å²) < 4.78 is 1.24. The molecule has 0 saturated carbocycles. The van der Waals surface area contributed by atoms with Gasteiger partial charge in [0.1, 0.15) is 5.82 Å². The average molecular weight is 179 g/mol. The lowest BCUT2D eigenvalue weighted by Gasteiger charge is -2.16. The molecule has 1 heterocycles. The first kappa shape index (κ1) is 8.29.